The summed E-state index contributed by atoms with van der Waals surface area (Å²) in [5.74, 6) is -0.271. The van der Waals surface area contributed by atoms with Gasteiger partial charge in [-0.25, -0.2) is 9.37 Å². The molecule has 0 bridgehead atoms. The number of hydrogen-bond acceptors (Lipinski definition) is 5. The minimum absolute atomic E-state index is 0.0148. The van der Waals surface area contributed by atoms with E-state index in [1.54, 1.807) is 17.5 Å². The number of amides is 1. The van der Waals surface area contributed by atoms with E-state index in [2.05, 4.69) is 15.6 Å². The molecule has 2 aromatic rings. The SMILES string of the molecule is COc1ccc(-c2csc(NC(=O)C3CCCNC3)n2)cc1F. The molecule has 23 heavy (non-hydrogen) atoms. The Kier molecular flexibility index (Phi) is 4.88. The predicted molar refractivity (Wildman–Crippen MR) is 88.3 cm³/mol. The van der Waals surface area contributed by atoms with Crippen molar-refractivity contribution in [1.82, 2.24) is 10.3 Å². The Morgan fingerprint density at radius 3 is 3.09 bits per heavy atom. The molecule has 0 saturated carbocycles. The van der Waals surface area contributed by atoms with Crippen molar-refractivity contribution in [3.8, 4) is 17.0 Å². The Labute approximate surface area is 137 Å². The molecular weight excluding hydrogens is 317 g/mol. The number of aromatic nitrogens is 1. The molecule has 0 spiro atoms. The number of ether oxygens (including phenoxy) is 1. The smallest absolute Gasteiger partial charge is 0.230 e. The molecule has 2 N–H and O–H groups in total. The average Bonchev–Trinajstić information content (AvgIpc) is 3.04. The Morgan fingerprint density at radius 2 is 2.39 bits per heavy atom. The molecule has 1 atom stereocenters. The van der Waals surface area contributed by atoms with E-state index in [4.69, 9.17) is 4.74 Å². The van der Waals surface area contributed by atoms with E-state index >= 15 is 0 Å². The van der Waals surface area contributed by atoms with Crippen molar-refractivity contribution in [2.75, 3.05) is 25.5 Å². The third kappa shape index (κ3) is 3.68. The van der Waals surface area contributed by atoms with Gasteiger partial charge in [-0.15, -0.1) is 11.3 Å². The molecule has 2 heterocycles. The minimum Gasteiger partial charge on any atom is -0.494 e. The number of halogens is 1. The van der Waals surface area contributed by atoms with Crippen molar-refractivity contribution >= 4 is 22.4 Å². The number of nitrogens with one attached hydrogen (secondary N) is 2. The molecule has 1 saturated heterocycles. The van der Waals surface area contributed by atoms with Crippen LogP contribution in [0.2, 0.25) is 0 Å². The van der Waals surface area contributed by atoms with E-state index < -0.39 is 5.82 Å². The summed E-state index contributed by atoms with van der Waals surface area (Å²) in [7, 11) is 1.43. The molecule has 1 aromatic carbocycles. The molecule has 3 rings (SSSR count). The van der Waals surface area contributed by atoms with E-state index in [0.29, 0.717) is 22.9 Å². The van der Waals surface area contributed by atoms with E-state index in [9.17, 15) is 9.18 Å². The molecule has 1 amide bonds. The van der Waals surface area contributed by atoms with E-state index in [1.807, 2.05) is 0 Å². The zero-order chi connectivity index (χ0) is 16.2. The Morgan fingerprint density at radius 1 is 1.52 bits per heavy atom. The molecule has 7 heteroatoms. The highest BCUT2D eigenvalue weighted by atomic mass is 32.1. The van der Waals surface area contributed by atoms with Gasteiger partial charge in [0.05, 0.1) is 18.7 Å². The van der Waals surface area contributed by atoms with Gasteiger partial charge in [0.1, 0.15) is 0 Å². The number of anilines is 1. The van der Waals surface area contributed by atoms with Gasteiger partial charge in [-0.05, 0) is 37.6 Å². The molecule has 1 aliphatic heterocycles. The summed E-state index contributed by atoms with van der Waals surface area (Å²) < 4.78 is 18.7. The summed E-state index contributed by atoms with van der Waals surface area (Å²) in [5, 5.41) is 8.40. The second kappa shape index (κ2) is 7.06. The molecule has 122 valence electrons. The number of methoxy groups -OCH3 is 1. The number of rotatable bonds is 4. The summed E-state index contributed by atoms with van der Waals surface area (Å²) in [4.78, 5) is 16.6. The van der Waals surface area contributed by atoms with Crippen LogP contribution in [-0.2, 0) is 4.79 Å². The largest absolute Gasteiger partial charge is 0.494 e. The van der Waals surface area contributed by atoms with Gasteiger partial charge in [0.25, 0.3) is 0 Å². The topological polar surface area (TPSA) is 63.2 Å². The van der Waals surface area contributed by atoms with Gasteiger partial charge in [-0.1, -0.05) is 0 Å². The minimum atomic E-state index is -0.433. The van der Waals surface area contributed by atoms with Crippen molar-refractivity contribution in [3.63, 3.8) is 0 Å². The second-order valence-electron chi connectivity index (χ2n) is 5.42. The monoisotopic (exact) mass is 335 g/mol. The van der Waals surface area contributed by atoms with Crippen LogP contribution in [0.25, 0.3) is 11.3 Å². The van der Waals surface area contributed by atoms with Crippen LogP contribution in [0.4, 0.5) is 9.52 Å². The highest BCUT2D eigenvalue weighted by Crippen LogP contribution is 2.28. The number of hydrogen-bond donors (Lipinski definition) is 2. The highest BCUT2D eigenvalue weighted by molar-refractivity contribution is 7.14. The van der Waals surface area contributed by atoms with Crippen LogP contribution in [0, 0.1) is 11.7 Å². The number of piperidine rings is 1. The lowest BCUT2D eigenvalue weighted by Crippen LogP contribution is -2.37. The fourth-order valence-corrected chi connectivity index (χ4v) is 3.30. The van der Waals surface area contributed by atoms with Crippen molar-refractivity contribution in [3.05, 3.63) is 29.4 Å². The predicted octanol–water partition coefficient (Wildman–Crippen LogP) is 2.90. The van der Waals surface area contributed by atoms with Gasteiger partial charge in [0.2, 0.25) is 5.91 Å². The fourth-order valence-electron chi connectivity index (χ4n) is 2.57. The molecule has 0 aliphatic carbocycles. The van der Waals surface area contributed by atoms with Crippen LogP contribution in [0.15, 0.2) is 23.6 Å². The number of carbonyl (C=O) groups is 1. The lowest BCUT2D eigenvalue weighted by atomic mass is 9.99. The van der Waals surface area contributed by atoms with Crippen LogP contribution in [0.5, 0.6) is 5.75 Å². The number of nitrogens with zero attached hydrogens (tertiary/aromatic N) is 1. The average molecular weight is 335 g/mol. The zero-order valence-electron chi connectivity index (χ0n) is 12.8. The third-order valence-electron chi connectivity index (χ3n) is 3.85. The first kappa shape index (κ1) is 15.9. The van der Waals surface area contributed by atoms with Gasteiger partial charge in [0.15, 0.2) is 16.7 Å². The molecule has 1 aromatic heterocycles. The Hall–Kier alpha value is -1.99. The second-order valence-corrected chi connectivity index (χ2v) is 6.28. The van der Waals surface area contributed by atoms with Crippen molar-refractivity contribution in [1.29, 1.82) is 0 Å². The summed E-state index contributed by atoms with van der Waals surface area (Å²) in [6, 6.07) is 4.69. The molecule has 5 nitrogen and oxygen atoms in total. The first-order chi connectivity index (χ1) is 11.2. The highest BCUT2D eigenvalue weighted by Gasteiger charge is 2.21. The Bertz CT molecular complexity index is 698. The van der Waals surface area contributed by atoms with Gasteiger partial charge < -0.3 is 15.4 Å². The van der Waals surface area contributed by atoms with Gasteiger partial charge in [-0.3, -0.25) is 4.79 Å². The molecule has 1 aliphatic rings. The third-order valence-corrected chi connectivity index (χ3v) is 4.61. The first-order valence-electron chi connectivity index (χ1n) is 7.48. The Balaban J connectivity index is 1.70. The summed E-state index contributed by atoms with van der Waals surface area (Å²) in [6.45, 7) is 1.67. The van der Waals surface area contributed by atoms with Crippen molar-refractivity contribution in [2.24, 2.45) is 5.92 Å². The van der Waals surface area contributed by atoms with E-state index in [-0.39, 0.29) is 17.6 Å². The summed E-state index contributed by atoms with van der Waals surface area (Å²) in [5.41, 5.74) is 1.29. The van der Waals surface area contributed by atoms with Gasteiger partial charge in [0, 0.05) is 17.5 Å². The van der Waals surface area contributed by atoms with Gasteiger partial charge >= 0.3 is 0 Å². The summed E-state index contributed by atoms with van der Waals surface area (Å²) in [6.07, 6.45) is 1.90. The van der Waals surface area contributed by atoms with Crippen LogP contribution >= 0.6 is 11.3 Å². The normalized spacial score (nSPS) is 17.7. The maximum absolute atomic E-state index is 13.8. The summed E-state index contributed by atoms with van der Waals surface area (Å²) >= 11 is 1.34. The maximum atomic E-state index is 13.8. The maximum Gasteiger partial charge on any atom is 0.230 e. The molecular formula is C16H18FN3O2S. The zero-order valence-corrected chi connectivity index (χ0v) is 13.6. The lowest BCUT2D eigenvalue weighted by Gasteiger charge is -2.21. The van der Waals surface area contributed by atoms with Crippen LogP contribution in [0.3, 0.4) is 0 Å². The quantitative estimate of drug-likeness (QED) is 0.902. The van der Waals surface area contributed by atoms with E-state index in [0.717, 1.165) is 19.4 Å². The van der Waals surface area contributed by atoms with Crippen molar-refractivity contribution in [2.45, 2.75) is 12.8 Å². The van der Waals surface area contributed by atoms with Crippen LogP contribution in [-0.4, -0.2) is 31.1 Å². The fraction of sp³-hybridized carbons (Fsp3) is 0.375. The first-order valence-corrected chi connectivity index (χ1v) is 8.36. The standard InChI is InChI=1S/C16H18FN3O2S/c1-22-14-5-4-10(7-12(14)17)13-9-23-16(19-13)20-15(21)11-3-2-6-18-8-11/h4-5,7,9,11,18H,2-3,6,8H2,1H3,(H,19,20,21). The number of thiazole rings is 1. The number of benzene rings is 1. The van der Waals surface area contributed by atoms with Crippen LogP contribution in [0.1, 0.15) is 12.8 Å². The number of carbonyl (C=O) groups excluding carboxylic acids is 1. The van der Waals surface area contributed by atoms with Crippen LogP contribution < -0.4 is 15.4 Å². The molecule has 0 radical (unpaired) electrons. The van der Waals surface area contributed by atoms with Crippen molar-refractivity contribution < 1.29 is 13.9 Å². The van der Waals surface area contributed by atoms with E-state index in [1.165, 1.54) is 24.5 Å². The van der Waals surface area contributed by atoms with Gasteiger partial charge in [-0.2, -0.15) is 0 Å². The lowest BCUT2D eigenvalue weighted by molar-refractivity contribution is -0.120. The molecule has 1 fully saturated rings. The molecule has 1 unspecified atom stereocenters.